The summed E-state index contributed by atoms with van der Waals surface area (Å²) < 4.78 is 5.78. The van der Waals surface area contributed by atoms with Gasteiger partial charge in [-0.25, -0.2) is 4.79 Å². The monoisotopic (exact) mass is 462 g/mol. The molecule has 1 aromatic heterocycles. The van der Waals surface area contributed by atoms with Crippen molar-refractivity contribution >= 4 is 51.8 Å². The van der Waals surface area contributed by atoms with Crippen LogP contribution >= 0.6 is 23.1 Å². The SMILES string of the molecule is COc1cccc(Nc2nnc(SCC(=O)NN3C(=O)NC4(CCCCC4)C3=O)s2)c1. The number of rotatable bonds is 7. The molecule has 31 heavy (non-hydrogen) atoms. The molecule has 0 atom stereocenters. The fraction of sp³-hybridized carbons (Fsp3) is 0.421. The molecule has 1 aliphatic carbocycles. The lowest BCUT2D eigenvalue weighted by Gasteiger charge is -2.30. The average molecular weight is 463 g/mol. The van der Waals surface area contributed by atoms with Gasteiger partial charge in [-0.15, -0.1) is 10.2 Å². The molecule has 1 aromatic carbocycles. The first-order valence-corrected chi connectivity index (χ1v) is 11.6. The third-order valence-corrected chi connectivity index (χ3v) is 7.13. The molecule has 0 bridgehead atoms. The highest BCUT2D eigenvalue weighted by Crippen LogP contribution is 2.33. The zero-order valence-corrected chi connectivity index (χ0v) is 18.5. The minimum atomic E-state index is -0.865. The molecular weight excluding hydrogens is 440 g/mol. The Kier molecular flexibility index (Phi) is 6.28. The highest BCUT2D eigenvalue weighted by Gasteiger charge is 2.52. The van der Waals surface area contributed by atoms with Gasteiger partial charge in [-0.3, -0.25) is 15.0 Å². The molecule has 164 valence electrons. The third kappa shape index (κ3) is 4.74. The minimum Gasteiger partial charge on any atom is -0.497 e. The number of benzene rings is 1. The number of hydrogen-bond acceptors (Lipinski definition) is 9. The van der Waals surface area contributed by atoms with Crippen LogP contribution in [0.3, 0.4) is 0 Å². The summed E-state index contributed by atoms with van der Waals surface area (Å²) in [5.74, 6) is -0.121. The fourth-order valence-electron chi connectivity index (χ4n) is 3.64. The summed E-state index contributed by atoms with van der Waals surface area (Å²) in [5, 5.41) is 15.4. The number of ether oxygens (including phenoxy) is 1. The molecule has 12 heteroatoms. The molecule has 2 aromatic rings. The first-order valence-electron chi connectivity index (χ1n) is 9.83. The summed E-state index contributed by atoms with van der Waals surface area (Å²) in [7, 11) is 1.60. The highest BCUT2D eigenvalue weighted by atomic mass is 32.2. The Morgan fingerprint density at radius 3 is 2.87 bits per heavy atom. The van der Waals surface area contributed by atoms with Gasteiger partial charge >= 0.3 is 6.03 Å². The average Bonchev–Trinajstić information content (AvgIpc) is 3.31. The number of thioether (sulfide) groups is 1. The number of aromatic nitrogens is 2. The smallest absolute Gasteiger partial charge is 0.344 e. The summed E-state index contributed by atoms with van der Waals surface area (Å²) in [4.78, 5) is 37.3. The van der Waals surface area contributed by atoms with Gasteiger partial charge in [0.05, 0.1) is 12.9 Å². The molecule has 2 heterocycles. The fourth-order valence-corrected chi connectivity index (χ4v) is 5.21. The van der Waals surface area contributed by atoms with Gasteiger partial charge in [-0.2, -0.15) is 5.01 Å². The zero-order valence-electron chi connectivity index (χ0n) is 16.8. The second-order valence-electron chi connectivity index (χ2n) is 7.27. The van der Waals surface area contributed by atoms with Crippen molar-refractivity contribution in [3.63, 3.8) is 0 Å². The molecule has 1 saturated carbocycles. The molecule has 2 fully saturated rings. The molecule has 10 nitrogen and oxygen atoms in total. The van der Waals surface area contributed by atoms with Crippen LogP contribution in [0.4, 0.5) is 15.6 Å². The maximum Gasteiger partial charge on any atom is 0.344 e. The molecule has 1 saturated heterocycles. The van der Waals surface area contributed by atoms with E-state index in [0.29, 0.717) is 22.3 Å². The Labute approximate surface area is 187 Å². The number of nitrogens with zero attached hydrogens (tertiary/aromatic N) is 3. The van der Waals surface area contributed by atoms with Gasteiger partial charge in [-0.1, -0.05) is 48.4 Å². The second-order valence-corrected chi connectivity index (χ2v) is 9.47. The van der Waals surface area contributed by atoms with Crippen LogP contribution in [-0.4, -0.2) is 51.5 Å². The highest BCUT2D eigenvalue weighted by molar-refractivity contribution is 8.01. The van der Waals surface area contributed by atoms with Crippen molar-refractivity contribution < 1.29 is 19.1 Å². The van der Waals surface area contributed by atoms with Crippen LogP contribution in [0.5, 0.6) is 5.75 Å². The number of carbonyl (C=O) groups excluding carboxylic acids is 3. The van der Waals surface area contributed by atoms with E-state index in [0.717, 1.165) is 35.7 Å². The Hall–Kier alpha value is -2.86. The number of hydrazine groups is 1. The number of anilines is 2. The van der Waals surface area contributed by atoms with E-state index in [1.165, 1.54) is 23.1 Å². The minimum absolute atomic E-state index is 0.00213. The number of hydrogen-bond donors (Lipinski definition) is 3. The molecule has 1 aliphatic heterocycles. The predicted molar refractivity (Wildman–Crippen MR) is 116 cm³/mol. The number of urea groups is 1. The molecule has 4 amide bonds. The van der Waals surface area contributed by atoms with E-state index >= 15 is 0 Å². The molecule has 3 N–H and O–H groups in total. The van der Waals surface area contributed by atoms with Crippen LogP contribution in [0.2, 0.25) is 0 Å². The summed E-state index contributed by atoms with van der Waals surface area (Å²) in [6.45, 7) is 0. The first-order chi connectivity index (χ1) is 15.0. The van der Waals surface area contributed by atoms with E-state index < -0.39 is 17.5 Å². The maximum absolute atomic E-state index is 12.7. The molecule has 4 rings (SSSR count). The molecule has 2 aliphatic rings. The second kappa shape index (κ2) is 9.10. The van der Waals surface area contributed by atoms with Gasteiger partial charge in [0.2, 0.25) is 11.0 Å². The van der Waals surface area contributed by atoms with Crippen LogP contribution in [0.1, 0.15) is 32.1 Å². The van der Waals surface area contributed by atoms with Gasteiger partial charge in [0, 0.05) is 11.8 Å². The van der Waals surface area contributed by atoms with Crippen molar-refractivity contribution in [2.45, 2.75) is 42.0 Å². The van der Waals surface area contributed by atoms with Crippen LogP contribution < -0.4 is 20.8 Å². The number of methoxy groups -OCH3 is 1. The van der Waals surface area contributed by atoms with Crippen molar-refractivity contribution in [2.24, 2.45) is 0 Å². The van der Waals surface area contributed by atoms with Crippen LogP contribution in [0.25, 0.3) is 0 Å². The lowest BCUT2D eigenvalue weighted by atomic mass is 9.82. The van der Waals surface area contributed by atoms with Crippen LogP contribution in [-0.2, 0) is 9.59 Å². The normalized spacial score (nSPS) is 17.5. The number of carbonyl (C=O) groups is 3. The first kappa shape index (κ1) is 21.4. The predicted octanol–water partition coefficient (Wildman–Crippen LogP) is 2.67. The summed E-state index contributed by atoms with van der Waals surface area (Å²) in [6, 6.07) is 6.83. The van der Waals surface area contributed by atoms with E-state index in [2.05, 4.69) is 26.3 Å². The Bertz CT molecular complexity index is 991. The van der Waals surface area contributed by atoms with Crippen molar-refractivity contribution in [1.29, 1.82) is 0 Å². The zero-order chi connectivity index (χ0) is 21.8. The summed E-state index contributed by atoms with van der Waals surface area (Å²) in [5.41, 5.74) is 2.36. The molecular formula is C19H22N6O4S2. The maximum atomic E-state index is 12.7. The van der Waals surface area contributed by atoms with E-state index in [1.54, 1.807) is 7.11 Å². The number of imide groups is 1. The Morgan fingerprint density at radius 1 is 1.29 bits per heavy atom. The van der Waals surface area contributed by atoms with Crippen molar-refractivity contribution in [3.8, 4) is 5.75 Å². The van der Waals surface area contributed by atoms with E-state index in [9.17, 15) is 14.4 Å². The third-order valence-electron chi connectivity index (χ3n) is 5.16. The topological polar surface area (TPSA) is 126 Å². The Morgan fingerprint density at radius 2 is 2.10 bits per heavy atom. The summed E-state index contributed by atoms with van der Waals surface area (Å²) >= 11 is 2.47. The van der Waals surface area contributed by atoms with Gasteiger partial charge in [0.1, 0.15) is 11.3 Å². The largest absolute Gasteiger partial charge is 0.497 e. The lowest BCUT2D eigenvalue weighted by molar-refractivity contribution is -0.139. The van der Waals surface area contributed by atoms with Crippen LogP contribution in [0, 0.1) is 0 Å². The summed E-state index contributed by atoms with van der Waals surface area (Å²) in [6.07, 6.45) is 4.02. The van der Waals surface area contributed by atoms with E-state index in [-0.39, 0.29) is 11.7 Å². The van der Waals surface area contributed by atoms with E-state index in [1.807, 2.05) is 24.3 Å². The van der Waals surface area contributed by atoms with Crippen LogP contribution in [0.15, 0.2) is 28.6 Å². The molecule has 0 radical (unpaired) electrons. The van der Waals surface area contributed by atoms with Gasteiger partial charge in [0.15, 0.2) is 4.34 Å². The number of nitrogens with one attached hydrogen (secondary N) is 3. The lowest BCUT2D eigenvalue weighted by Crippen LogP contribution is -2.51. The van der Waals surface area contributed by atoms with Gasteiger partial charge in [0.25, 0.3) is 5.91 Å². The van der Waals surface area contributed by atoms with Crippen molar-refractivity contribution in [1.82, 2.24) is 25.9 Å². The van der Waals surface area contributed by atoms with Gasteiger partial charge < -0.3 is 15.4 Å². The molecule has 0 unspecified atom stereocenters. The Balaban J connectivity index is 1.29. The quantitative estimate of drug-likeness (QED) is 0.424. The van der Waals surface area contributed by atoms with Gasteiger partial charge in [-0.05, 0) is 25.0 Å². The van der Waals surface area contributed by atoms with Crippen molar-refractivity contribution in [2.75, 3.05) is 18.2 Å². The van der Waals surface area contributed by atoms with Crippen molar-refractivity contribution in [3.05, 3.63) is 24.3 Å². The standard InChI is InChI=1S/C19H22N6O4S2/c1-29-13-7-5-6-12(10-13)20-16-22-23-18(31-16)30-11-14(26)24-25-15(27)19(21-17(25)28)8-3-2-4-9-19/h5-7,10H,2-4,8-9,11H2,1H3,(H,20,22)(H,21,28)(H,24,26). The molecule has 1 spiro atoms. The van der Waals surface area contributed by atoms with E-state index in [4.69, 9.17) is 4.74 Å². The number of amides is 4.